The average molecular weight is 901 g/mol. The van der Waals surface area contributed by atoms with Crippen LogP contribution in [0.3, 0.4) is 0 Å². The number of likely N-dealkylation sites (tertiary alicyclic amines) is 2. The third kappa shape index (κ3) is 10.8. The van der Waals surface area contributed by atoms with Crippen molar-refractivity contribution in [3.8, 4) is 0 Å². The van der Waals surface area contributed by atoms with Gasteiger partial charge in [0.05, 0.1) is 58.7 Å². The lowest BCUT2D eigenvalue weighted by Crippen LogP contribution is -2.56. The molecule has 62 heavy (non-hydrogen) atoms. The number of nitrogens with one attached hydrogen (secondary N) is 2. The van der Waals surface area contributed by atoms with Gasteiger partial charge in [-0.15, -0.1) is 0 Å². The van der Waals surface area contributed by atoms with Crippen LogP contribution in [0.2, 0.25) is 0 Å². The van der Waals surface area contributed by atoms with Crippen LogP contribution in [-0.4, -0.2) is 98.4 Å². The molecule has 6 aliphatic rings. The molecule has 0 aromatic heterocycles. The minimum atomic E-state index is -5.09. The Balaban J connectivity index is 0.000000186. The van der Waals surface area contributed by atoms with E-state index in [1.165, 1.54) is 0 Å². The van der Waals surface area contributed by atoms with Gasteiger partial charge >= 0.3 is 24.7 Å². The van der Waals surface area contributed by atoms with Gasteiger partial charge in [-0.3, -0.25) is 19.4 Å². The van der Waals surface area contributed by atoms with E-state index in [9.17, 15) is 62.3 Å². The molecule has 2 saturated carbocycles. The molecule has 0 spiro atoms. The number of amides is 2. The van der Waals surface area contributed by atoms with Crippen molar-refractivity contribution in [3.63, 3.8) is 0 Å². The van der Waals surface area contributed by atoms with E-state index in [2.05, 4.69) is 20.4 Å². The van der Waals surface area contributed by atoms with Gasteiger partial charge in [0.2, 0.25) is 0 Å². The van der Waals surface area contributed by atoms with Crippen molar-refractivity contribution in [2.75, 3.05) is 52.6 Å². The predicted molar refractivity (Wildman–Crippen MR) is 199 cm³/mol. The summed E-state index contributed by atoms with van der Waals surface area (Å²) in [4.78, 5) is 30.6. The van der Waals surface area contributed by atoms with Crippen LogP contribution < -0.4 is 10.6 Å². The Bertz CT molecular complexity index is 1790. The number of carbonyl (C=O) groups is 2. The molecule has 4 saturated heterocycles. The minimum Gasteiger partial charge on any atom is -0.379 e. The average Bonchev–Trinajstić information content (AvgIpc) is 4.12. The van der Waals surface area contributed by atoms with Crippen molar-refractivity contribution in [1.29, 1.82) is 0 Å². The van der Waals surface area contributed by atoms with Crippen molar-refractivity contribution < 1.29 is 71.7 Å². The number of benzene rings is 2. The smallest absolute Gasteiger partial charge is 0.379 e. The summed E-state index contributed by atoms with van der Waals surface area (Å²) in [7, 11) is 0. The molecule has 4 heterocycles. The highest BCUT2D eigenvalue weighted by Crippen LogP contribution is 2.49. The first kappa shape index (κ1) is 46.4. The standard InChI is InChI=1S/2C21H24F6N2O2/c2*22-20(23,24)13-9-14(12-3-4-12)18(15(10-13)21(25,26)27)19(30)28-16-11-31-8-5-17(16)29-6-1-2-7-29/h2*9-10,12,16-17H,1-8,11H2,(H,28,30). The van der Waals surface area contributed by atoms with Crippen LogP contribution in [0, 0.1) is 0 Å². The van der Waals surface area contributed by atoms with E-state index in [4.69, 9.17) is 9.47 Å². The number of hydrogen-bond donors (Lipinski definition) is 2. The molecule has 2 amide bonds. The lowest BCUT2D eigenvalue weighted by atomic mass is 9.92. The summed E-state index contributed by atoms with van der Waals surface area (Å²) in [5.74, 6) is -2.91. The lowest BCUT2D eigenvalue weighted by Gasteiger charge is -2.38. The first-order valence-electron chi connectivity index (χ1n) is 21.0. The van der Waals surface area contributed by atoms with Crippen molar-refractivity contribution in [2.45, 2.75) is 125 Å². The van der Waals surface area contributed by atoms with Crippen molar-refractivity contribution in [1.82, 2.24) is 20.4 Å². The third-order valence-corrected chi connectivity index (χ3v) is 12.6. The van der Waals surface area contributed by atoms with Crippen LogP contribution >= 0.6 is 0 Å². The fourth-order valence-electron chi connectivity index (χ4n) is 9.27. The van der Waals surface area contributed by atoms with E-state index >= 15 is 0 Å². The van der Waals surface area contributed by atoms with Crippen molar-refractivity contribution in [2.24, 2.45) is 0 Å². The van der Waals surface area contributed by atoms with E-state index < -0.39 is 93.8 Å². The Morgan fingerprint density at radius 1 is 0.500 bits per heavy atom. The lowest BCUT2D eigenvalue weighted by molar-refractivity contribution is -0.145. The molecule has 8 nitrogen and oxygen atoms in total. The van der Waals surface area contributed by atoms with Crippen LogP contribution in [0.15, 0.2) is 24.3 Å². The van der Waals surface area contributed by atoms with Crippen molar-refractivity contribution >= 4 is 11.8 Å². The van der Waals surface area contributed by atoms with Gasteiger partial charge in [0.1, 0.15) is 0 Å². The minimum absolute atomic E-state index is 0.0517. The zero-order chi connectivity index (χ0) is 44.8. The Hall–Kier alpha value is -3.62. The van der Waals surface area contributed by atoms with Crippen LogP contribution in [0.25, 0.3) is 0 Å². The van der Waals surface area contributed by atoms with E-state index in [-0.39, 0.29) is 48.6 Å². The molecule has 0 bridgehead atoms. The van der Waals surface area contributed by atoms with E-state index in [0.717, 1.165) is 51.9 Å². The Labute approximate surface area is 350 Å². The van der Waals surface area contributed by atoms with Gasteiger partial charge in [-0.25, -0.2) is 0 Å². The maximum Gasteiger partial charge on any atom is 0.417 e. The predicted octanol–water partition coefficient (Wildman–Crippen LogP) is 9.17. The summed E-state index contributed by atoms with van der Waals surface area (Å²) >= 11 is 0. The second-order valence-corrected chi connectivity index (χ2v) is 17.0. The second-order valence-electron chi connectivity index (χ2n) is 17.0. The molecule has 344 valence electrons. The number of hydrogen-bond acceptors (Lipinski definition) is 6. The van der Waals surface area contributed by atoms with Gasteiger partial charge in [0, 0.05) is 25.3 Å². The molecule has 4 unspecified atom stereocenters. The summed E-state index contributed by atoms with van der Waals surface area (Å²) in [6.45, 7) is 4.69. The number of rotatable bonds is 8. The summed E-state index contributed by atoms with van der Waals surface area (Å²) < 4.78 is 173. The molecule has 2 aromatic rings. The highest BCUT2D eigenvalue weighted by atomic mass is 19.4. The molecule has 4 aliphatic heterocycles. The zero-order valence-electron chi connectivity index (χ0n) is 33.6. The van der Waals surface area contributed by atoms with Gasteiger partial charge in [0.25, 0.3) is 11.8 Å². The highest BCUT2D eigenvalue weighted by molar-refractivity contribution is 5.99. The zero-order valence-corrected chi connectivity index (χ0v) is 33.6. The molecular formula is C42H48F12N4O4. The largest absolute Gasteiger partial charge is 0.417 e. The fourth-order valence-corrected chi connectivity index (χ4v) is 9.27. The number of halogens is 12. The number of ether oxygens (including phenoxy) is 2. The number of alkyl halides is 12. The van der Waals surface area contributed by atoms with Gasteiger partial charge in [0.15, 0.2) is 0 Å². The molecule has 2 N–H and O–H groups in total. The number of carbonyl (C=O) groups excluding carboxylic acids is 2. The van der Waals surface area contributed by atoms with Crippen LogP contribution in [0.4, 0.5) is 52.7 Å². The van der Waals surface area contributed by atoms with Crippen LogP contribution in [-0.2, 0) is 34.2 Å². The summed E-state index contributed by atoms with van der Waals surface area (Å²) in [5, 5.41) is 5.34. The fraction of sp³-hybridized carbons (Fsp3) is 0.667. The first-order chi connectivity index (χ1) is 29.1. The molecule has 6 fully saturated rings. The van der Waals surface area contributed by atoms with Crippen LogP contribution in [0.1, 0.15) is 130 Å². The summed E-state index contributed by atoms with van der Waals surface area (Å²) in [6.07, 6.45) is -12.9. The molecule has 20 heteroatoms. The van der Waals surface area contributed by atoms with E-state index in [1.807, 2.05) is 0 Å². The first-order valence-corrected chi connectivity index (χ1v) is 21.0. The Kier molecular flexibility index (Phi) is 13.5. The van der Waals surface area contributed by atoms with Gasteiger partial charge in [-0.05, 0) is 138 Å². The van der Waals surface area contributed by atoms with Crippen LogP contribution in [0.5, 0.6) is 0 Å². The molecule has 2 aromatic carbocycles. The van der Waals surface area contributed by atoms with E-state index in [0.29, 0.717) is 63.9 Å². The Morgan fingerprint density at radius 3 is 1.13 bits per heavy atom. The second kappa shape index (κ2) is 18.1. The van der Waals surface area contributed by atoms with Gasteiger partial charge in [-0.2, -0.15) is 52.7 Å². The van der Waals surface area contributed by atoms with Gasteiger partial charge in [-0.1, -0.05) is 0 Å². The monoisotopic (exact) mass is 900 g/mol. The molecule has 8 rings (SSSR count). The summed E-state index contributed by atoms with van der Waals surface area (Å²) in [6, 6.07) is 0.354. The number of nitrogens with zero attached hydrogens (tertiary/aromatic N) is 2. The van der Waals surface area contributed by atoms with Gasteiger partial charge < -0.3 is 20.1 Å². The van der Waals surface area contributed by atoms with E-state index in [1.54, 1.807) is 0 Å². The SMILES string of the molecule is O=C(NC1COCCC1N1CCCC1)c1c(C2CC2)cc(C(F)(F)F)cc1C(F)(F)F.O=C(NC1COCCC1N1CCCC1)c1c(C2CC2)cc(C(F)(F)F)cc1C(F)(F)F. The topological polar surface area (TPSA) is 83.1 Å². The molecular weight excluding hydrogens is 852 g/mol. The Morgan fingerprint density at radius 2 is 0.839 bits per heavy atom. The molecule has 4 atom stereocenters. The quantitative estimate of drug-likeness (QED) is 0.258. The maximum atomic E-state index is 13.8. The molecule has 2 aliphatic carbocycles. The molecule has 0 radical (unpaired) electrons. The highest BCUT2D eigenvalue weighted by Gasteiger charge is 2.46. The normalized spacial score (nSPS) is 25.6. The van der Waals surface area contributed by atoms with Crippen molar-refractivity contribution in [3.05, 3.63) is 68.8 Å². The summed E-state index contributed by atoms with van der Waals surface area (Å²) in [5.41, 5.74) is -7.54. The third-order valence-electron chi connectivity index (χ3n) is 12.6. The maximum absolute atomic E-state index is 13.8.